The van der Waals surface area contributed by atoms with Crippen LogP contribution < -0.4 is 9.47 Å². The van der Waals surface area contributed by atoms with Gasteiger partial charge in [0.25, 0.3) is 5.91 Å². The van der Waals surface area contributed by atoms with Crippen LogP contribution in [0.4, 0.5) is 0 Å². The van der Waals surface area contributed by atoms with Crippen LogP contribution in [0, 0.1) is 0 Å². The molecule has 2 atom stereocenters. The summed E-state index contributed by atoms with van der Waals surface area (Å²) in [6.45, 7) is 2.21. The van der Waals surface area contributed by atoms with Gasteiger partial charge in [0.15, 0.2) is 17.5 Å². The summed E-state index contributed by atoms with van der Waals surface area (Å²) in [6.07, 6.45) is 0.760. The Morgan fingerprint density at radius 3 is 2.86 bits per heavy atom. The van der Waals surface area contributed by atoms with E-state index in [4.69, 9.17) is 14.2 Å². The van der Waals surface area contributed by atoms with Gasteiger partial charge in [-0.15, -0.1) is 5.10 Å². The van der Waals surface area contributed by atoms with Gasteiger partial charge < -0.3 is 19.1 Å². The summed E-state index contributed by atoms with van der Waals surface area (Å²) in [5.74, 6) is 1.45. The molecule has 0 bridgehead atoms. The van der Waals surface area contributed by atoms with E-state index < -0.39 is 6.04 Å². The number of para-hydroxylation sites is 2. The van der Waals surface area contributed by atoms with Crippen molar-refractivity contribution in [3.8, 4) is 11.5 Å². The lowest BCUT2D eigenvalue weighted by atomic mass is 9.87. The molecule has 1 amide bonds. The number of amides is 1. The lowest BCUT2D eigenvalue weighted by Crippen LogP contribution is -2.56. The van der Waals surface area contributed by atoms with Gasteiger partial charge in [-0.05, 0) is 24.6 Å². The quantitative estimate of drug-likeness (QED) is 0.472. The van der Waals surface area contributed by atoms with Gasteiger partial charge in [0.05, 0.1) is 11.6 Å². The van der Waals surface area contributed by atoms with E-state index in [1.165, 1.54) is 0 Å². The van der Waals surface area contributed by atoms with Crippen LogP contribution in [0.2, 0.25) is 0 Å². The summed E-state index contributed by atoms with van der Waals surface area (Å²) in [4.78, 5) is 15.0. The van der Waals surface area contributed by atoms with Crippen LogP contribution in [0.5, 0.6) is 11.5 Å². The van der Waals surface area contributed by atoms with E-state index in [2.05, 4.69) is 10.3 Å². The topological polar surface area (TPSA) is 78.7 Å². The molecule has 3 aromatic rings. The summed E-state index contributed by atoms with van der Waals surface area (Å²) in [5.41, 5.74) is 2.55. The molecule has 0 N–H and O–H groups in total. The maximum atomic E-state index is 13.2. The van der Waals surface area contributed by atoms with Gasteiger partial charge in [-0.25, -0.2) is 4.68 Å². The molecular weight excluding hydrogens is 372 g/mol. The number of fused-ring (bicyclic) bond motifs is 2. The predicted molar refractivity (Wildman–Crippen MR) is 105 cm³/mol. The Labute approximate surface area is 168 Å². The number of ether oxygens (including phenoxy) is 3. The van der Waals surface area contributed by atoms with Gasteiger partial charge in [0.2, 0.25) is 0 Å². The molecule has 8 heteroatoms. The normalized spacial score (nSPS) is 20.7. The largest absolute Gasteiger partial charge is 0.486 e. The van der Waals surface area contributed by atoms with E-state index in [-0.39, 0.29) is 11.9 Å². The Morgan fingerprint density at radius 1 is 1.10 bits per heavy atom. The van der Waals surface area contributed by atoms with Gasteiger partial charge in [-0.2, -0.15) is 0 Å². The van der Waals surface area contributed by atoms with Gasteiger partial charge in [-0.3, -0.25) is 4.79 Å². The Morgan fingerprint density at radius 2 is 1.97 bits per heavy atom. The number of benzene rings is 2. The molecule has 2 aliphatic rings. The molecule has 150 valence electrons. The Bertz CT molecular complexity index is 1050. The zero-order valence-corrected chi connectivity index (χ0v) is 16.2. The van der Waals surface area contributed by atoms with Crippen LogP contribution in [0.15, 0.2) is 42.5 Å². The fraction of sp³-hybridized carbons (Fsp3) is 0.381. The van der Waals surface area contributed by atoms with Crippen molar-refractivity contribution < 1.29 is 19.0 Å². The monoisotopic (exact) mass is 394 g/mol. The van der Waals surface area contributed by atoms with Crippen LogP contribution in [-0.2, 0) is 9.53 Å². The van der Waals surface area contributed by atoms with Crippen molar-refractivity contribution >= 4 is 16.9 Å². The van der Waals surface area contributed by atoms with Crippen molar-refractivity contribution in [3.05, 3.63) is 48.0 Å². The fourth-order valence-electron chi connectivity index (χ4n) is 4.16. The number of carbonyl (C=O) groups excluding carboxylic acids is 1. The first-order valence-electron chi connectivity index (χ1n) is 9.77. The molecule has 8 nitrogen and oxygen atoms in total. The molecule has 0 saturated carbocycles. The van der Waals surface area contributed by atoms with E-state index in [1.807, 2.05) is 47.4 Å². The van der Waals surface area contributed by atoms with Crippen LogP contribution >= 0.6 is 0 Å². The molecule has 0 spiro atoms. The van der Waals surface area contributed by atoms with Crippen molar-refractivity contribution in [2.24, 2.45) is 0 Å². The molecule has 5 rings (SSSR count). The fourth-order valence-corrected chi connectivity index (χ4v) is 4.16. The van der Waals surface area contributed by atoms with Gasteiger partial charge in [0, 0.05) is 25.8 Å². The van der Waals surface area contributed by atoms with Crippen molar-refractivity contribution in [3.63, 3.8) is 0 Å². The molecule has 1 saturated heterocycles. The molecule has 2 unspecified atom stereocenters. The summed E-state index contributed by atoms with van der Waals surface area (Å²) in [6, 6.07) is 12.8. The van der Waals surface area contributed by atoms with Gasteiger partial charge in [0.1, 0.15) is 18.7 Å². The van der Waals surface area contributed by atoms with Crippen LogP contribution in [0.25, 0.3) is 11.0 Å². The molecule has 0 aliphatic carbocycles. The molecule has 0 radical (unpaired) electrons. The van der Waals surface area contributed by atoms with Crippen LogP contribution in [0.3, 0.4) is 0 Å². The van der Waals surface area contributed by atoms with Crippen molar-refractivity contribution in [1.82, 2.24) is 19.9 Å². The molecule has 2 aliphatic heterocycles. The highest BCUT2D eigenvalue weighted by atomic mass is 16.6. The van der Waals surface area contributed by atoms with E-state index >= 15 is 0 Å². The highest BCUT2D eigenvalue weighted by molar-refractivity contribution is 5.90. The van der Waals surface area contributed by atoms with Crippen molar-refractivity contribution in [1.29, 1.82) is 0 Å². The summed E-state index contributed by atoms with van der Waals surface area (Å²) < 4.78 is 18.6. The number of hydrogen-bond donors (Lipinski definition) is 0. The van der Waals surface area contributed by atoms with Gasteiger partial charge in [-0.1, -0.05) is 29.5 Å². The molecule has 2 aromatic carbocycles. The van der Waals surface area contributed by atoms with Gasteiger partial charge >= 0.3 is 0 Å². The number of rotatable bonds is 6. The first-order valence-corrected chi connectivity index (χ1v) is 9.77. The Balaban J connectivity index is 1.57. The number of likely N-dealkylation sites (tertiary alicyclic amines) is 1. The zero-order valence-electron chi connectivity index (χ0n) is 16.2. The number of nitrogens with zero attached hydrogens (tertiary/aromatic N) is 4. The lowest BCUT2D eigenvalue weighted by Gasteiger charge is -2.47. The molecule has 1 fully saturated rings. The highest BCUT2D eigenvalue weighted by Crippen LogP contribution is 2.49. The number of aromatic nitrogens is 3. The average molecular weight is 394 g/mol. The molecular formula is C21H22N4O4. The summed E-state index contributed by atoms with van der Waals surface area (Å²) in [5, 5.41) is 8.55. The zero-order chi connectivity index (χ0) is 19.8. The Hall–Kier alpha value is -3.13. The van der Waals surface area contributed by atoms with Crippen LogP contribution in [0.1, 0.15) is 24.1 Å². The second-order valence-corrected chi connectivity index (χ2v) is 7.16. The third-order valence-corrected chi connectivity index (χ3v) is 5.47. The standard InChI is InChI=1S/C21H22N4O4/c1-27-11-5-10-24-18(14-6-4-9-17-20(14)29-13-12-28-17)19(21(24)26)25-16-8-3-2-7-15(16)22-23-25/h2-4,6-9,18-19H,5,10-13H2,1H3. The third kappa shape index (κ3) is 2.91. The molecule has 3 heterocycles. The molecule has 1 aromatic heterocycles. The smallest absolute Gasteiger partial charge is 0.250 e. The minimum Gasteiger partial charge on any atom is -0.486 e. The van der Waals surface area contributed by atoms with Crippen molar-refractivity contribution in [2.45, 2.75) is 18.5 Å². The highest BCUT2D eigenvalue weighted by Gasteiger charge is 2.51. The second kappa shape index (κ2) is 7.36. The third-order valence-electron chi connectivity index (χ3n) is 5.47. The number of hydrogen-bond acceptors (Lipinski definition) is 6. The van der Waals surface area contributed by atoms with E-state index in [0.717, 1.165) is 23.0 Å². The SMILES string of the molecule is COCCCN1C(=O)C(n2nnc3ccccc32)C1c1cccc2c1OCCO2. The minimum atomic E-state index is -0.470. The van der Waals surface area contributed by atoms with E-state index in [9.17, 15) is 4.79 Å². The first-order chi connectivity index (χ1) is 14.3. The number of β-lactam (4-membered cyclic amide) rings is 1. The van der Waals surface area contributed by atoms with Crippen LogP contribution in [-0.4, -0.2) is 59.3 Å². The van der Waals surface area contributed by atoms with E-state index in [0.29, 0.717) is 37.9 Å². The predicted octanol–water partition coefficient (Wildman–Crippen LogP) is 2.36. The number of carbonyl (C=O) groups is 1. The maximum Gasteiger partial charge on any atom is 0.250 e. The van der Waals surface area contributed by atoms with E-state index in [1.54, 1.807) is 11.8 Å². The second-order valence-electron chi connectivity index (χ2n) is 7.16. The lowest BCUT2D eigenvalue weighted by molar-refractivity contribution is -0.156. The maximum absolute atomic E-state index is 13.2. The first kappa shape index (κ1) is 17.9. The Kier molecular flexibility index (Phi) is 4.55. The molecule has 29 heavy (non-hydrogen) atoms. The number of methoxy groups -OCH3 is 1. The van der Waals surface area contributed by atoms with Crippen molar-refractivity contribution in [2.75, 3.05) is 33.5 Å². The minimum absolute atomic E-state index is 0.0242. The summed E-state index contributed by atoms with van der Waals surface area (Å²) in [7, 11) is 1.67. The average Bonchev–Trinajstić information content (AvgIpc) is 3.18. The summed E-state index contributed by atoms with van der Waals surface area (Å²) >= 11 is 0.